The zero-order valence-corrected chi connectivity index (χ0v) is 13.8. The van der Waals surface area contributed by atoms with Crippen LogP contribution in [-0.4, -0.2) is 10.9 Å². The number of nitrogens with two attached hydrogens (primary N) is 1. The van der Waals surface area contributed by atoms with Gasteiger partial charge in [0.05, 0.1) is 11.3 Å². The fraction of sp³-hybridized carbons (Fsp3) is 0.500. The van der Waals surface area contributed by atoms with E-state index in [1.807, 2.05) is 6.92 Å². The Balaban J connectivity index is 2.76. The monoisotopic (exact) mass is 310 g/mol. The Bertz CT molecular complexity index is 538. The molecule has 3 N–H and O–H groups in total. The van der Waals surface area contributed by atoms with Gasteiger partial charge in [0.15, 0.2) is 0 Å². The minimum atomic E-state index is -0.525. The Morgan fingerprint density at radius 1 is 1.43 bits per heavy atom. The molecule has 116 valence electrons. The van der Waals surface area contributed by atoms with Crippen molar-refractivity contribution in [1.29, 1.82) is 0 Å². The lowest BCUT2D eigenvalue weighted by Crippen LogP contribution is -2.21. The van der Waals surface area contributed by atoms with E-state index in [1.165, 1.54) is 12.1 Å². The van der Waals surface area contributed by atoms with Crippen LogP contribution in [-0.2, 0) is 4.79 Å². The molecule has 0 aliphatic heterocycles. The molecule has 1 unspecified atom stereocenters. The van der Waals surface area contributed by atoms with Crippen LogP contribution >= 0.6 is 12.2 Å². The van der Waals surface area contributed by atoms with Crippen molar-refractivity contribution >= 4 is 28.8 Å². The van der Waals surface area contributed by atoms with Gasteiger partial charge in [0, 0.05) is 6.42 Å². The van der Waals surface area contributed by atoms with Gasteiger partial charge in [0.25, 0.3) is 0 Å². The van der Waals surface area contributed by atoms with Crippen LogP contribution in [0, 0.1) is 17.2 Å². The smallest absolute Gasteiger partial charge is 0.224 e. The van der Waals surface area contributed by atoms with Crippen molar-refractivity contribution in [2.24, 2.45) is 17.1 Å². The second-order valence-electron chi connectivity index (χ2n) is 6.65. The van der Waals surface area contributed by atoms with Crippen molar-refractivity contribution in [2.75, 3.05) is 5.32 Å². The number of carbonyl (C=O) groups is 1. The second kappa shape index (κ2) is 6.98. The van der Waals surface area contributed by atoms with Crippen LogP contribution in [0.1, 0.15) is 46.1 Å². The first-order valence-corrected chi connectivity index (χ1v) is 7.39. The Labute approximate surface area is 131 Å². The molecule has 1 atom stereocenters. The van der Waals surface area contributed by atoms with Gasteiger partial charge in [0.2, 0.25) is 5.91 Å². The van der Waals surface area contributed by atoms with Crippen LogP contribution in [0.5, 0.6) is 0 Å². The number of hydrogen-bond acceptors (Lipinski definition) is 2. The lowest BCUT2D eigenvalue weighted by atomic mass is 9.84. The summed E-state index contributed by atoms with van der Waals surface area (Å²) in [5.74, 6) is -0.440. The van der Waals surface area contributed by atoms with Gasteiger partial charge in [0.1, 0.15) is 10.8 Å². The summed E-state index contributed by atoms with van der Waals surface area (Å²) in [4.78, 5) is 12.0. The average molecular weight is 310 g/mol. The fourth-order valence-corrected chi connectivity index (χ4v) is 2.72. The molecule has 0 saturated carbocycles. The molecular weight excluding hydrogens is 287 g/mol. The Morgan fingerprint density at radius 2 is 2.05 bits per heavy atom. The molecule has 3 nitrogen and oxygen atoms in total. The largest absolute Gasteiger partial charge is 0.389 e. The highest BCUT2D eigenvalue weighted by atomic mass is 32.1. The van der Waals surface area contributed by atoms with E-state index in [0.717, 1.165) is 6.42 Å². The van der Waals surface area contributed by atoms with Gasteiger partial charge in [-0.3, -0.25) is 4.79 Å². The van der Waals surface area contributed by atoms with Crippen LogP contribution in [0.25, 0.3) is 0 Å². The van der Waals surface area contributed by atoms with E-state index in [1.54, 1.807) is 6.07 Å². The summed E-state index contributed by atoms with van der Waals surface area (Å²) in [6, 6.07) is 4.39. The molecule has 0 fully saturated rings. The minimum Gasteiger partial charge on any atom is -0.389 e. The number of hydrogen-bond donors (Lipinski definition) is 2. The van der Waals surface area contributed by atoms with Crippen LogP contribution in [0.4, 0.5) is 10.1 Å². The van der Waals surface area contributed by atoms with E-state index in [0.29, 0.717) is 12.1 Å². The Kier molecular flexibility index (Phi) is 5.84. The number of anilines is 1. The summed E-state index contributed by atoms with van der Waals surface area (Å²) < 4.78 is 13.7. The van der Waals surface area contributed by atoms with E-state index in [-0.39, 0.29) is 27.8 Å². The predicted molar refractivity (Wildman–Crippen MR) is 88.8 cm³/mol. The summed E-state index contributed by atoms with van der Waals surface area (Å²) in [5, 5.41) is 2.70. The van der Waals surface area contributed by atoms with Crippen molar-refractivity contribution in [3.8, 4) is 0 Å². The van der Waals surface area contributed by atoms with E-state index in [4.69, 9.17) is 18.0 Å². The summed E-state index contributed by atoms with van der Waals surface area (Å²) in [6.45, 7) is 8.45. The predicted octanol–water partition coefficient (Wildman–Crippen LogP) is 3.86. The third kappa shape index (κ3) is 5.79. The number of carbonyl (C=O) groups excluding carboxylic acids is 1. The maximum Gasteiger partial charge on any atom is 0.224 e. The number of rotatable bonds is 5. The molecule has 0 aliphatic rings. The highest BCUT2D eigenvalue weighted by Gasteiger charge is 2.19. The van der Waals surface area contributed by atoms with E-state index < -0.39 is 5.82 Å². The van der Waals surface area contributed by atoms with E-state index in [9.17, 15) is 9.18 Å². The SMILES string of the molecule is CC(CC(=O)Nc1cccc(F)c1C(N)=S)CC(C)(C)C. The molecule has 0 heterocycles. The van der Waals surface area contributed by atoms with Crippen LogP contribution < -0.4 is 11.1 Å². The molecule has 5 heteroatoms. The van der Waals surface area contributed by atoms with Gasteiger partial charge in [-0.05, 0) is 29.9 Å². The van der Waals surface area contributed by atoms with Gasteiger partial charge in [-0.1, -0.05) is 46.0 Å². The first-order valence-electron chi connectivity index (χ1n) is 6.98. The number of thiocarbonyl (C=S) groups is 1. The molecular formula is C16H23FN2OS. The third-order valence-corrected chi connectivity index (χ3v) is 3.23. The molecule has 0 spiro atoms. The molecule has 21 heavy (non-hydrogen) atoms. The number of halogens is 1. The standard InChI is InChI=1S/C16H23FN2OS/c1-10(9-16(2,3)4)8-13(20)19-12-7-5-6-11(17)14(12)15(18)21/h5-7,10H,8-9H2,1-4H3,(H2,18,21)(H,19,20). The first kappa shape index (κ1) is 17.6. The quantitative estimate of drug-likeness (QED) is 0.812. The van der Waals surface area contributed by atoms with Crippen molar-refractivity contribution in [3.05, 3.63) is 29.6 Å². The van der Waals surface area contributed by atoms with E-state index >= 15 is 0 Å². The maximum absolute atomic E-state index is 13.7. The average Bonchev–Trinajstić information content (AvgIpc) is 2.24. The maximum atomic E-state index is 13.7. The summed E-state index contributed by atoms with van der Waals surface area (Å²) >= 11 is 4.84. The normalized spacial score (nSPS) is 12.8. The molecule has 0 radical (unpaired) electrons. The van der Waals surface area contributed by atoms with Crippen molar-refractivity contribution < 1.29 is 9.18 Å². The molecule has 1 aromatic carbocycles. The number of nitrogens with one attached hydrogen (secondary N) is 1. The third-order valence-electron chi connectivity index (χ3n) is 3.03. The highest BCUT2D eigenvalue weighted by molar-refractivity contribution is 7.80. The number of benzene rings is 1. The zero-order valence-electron chi connectivity index (χ0n) is 13.0. The first-order chi connectivity index (χ1) is 9.60. The van der Waals surface area contributed by atoms with Crippen LogP contribution in [0.3, 0.4) is 0 Å². The molecule has 0 aromatic heterocycles. The molecule has 0 aliphatic carbocycles. The summed E-state index contributed by atoms with van der Waals surface area (Å²) in [7, 11) is 0. The zero-order chi connectivity index (χ0) is 16.2. The van der Waals surface area contributed by atoms with Crippen LogP contribution in [0.15, 0.2) is 18.2 Å². The molecule has 1 aromatic rings. The molecule has 0 saturated heterocycles. The Hall–Kier alpha value is -1.49. The van der Waals surface area contributed by atoms with Crippen molar-refractivity contribution in [1.82, 2.24) is 0 Å². The van der Waals surface area contributed by atoms with Crippen molar-refractivity contribution in [2.45, 2.75) is 40.5 Å². The topological polar surface area (TPSA) is 55.1 Å². The highest BCUT2D eigenvalue weighted by Crippen LogP contribution is 2.26. The summed E-state index contributed by atoms with van der Waals surface area (Å²) in [5.41, 5.74) is 6.10. The lowest BCUT2D eigenvalue weighted by molar-refractivity contribution is -0.117. The second-order valence-corrected chi connectivity index (χ2v) is 7.09. The number of amides is 1. The summed E-state index contributed by atoms with van der Waals surface area (Å²) in [6.07, 6.45) is 1.32. The van der Waals surface area contributed by atoms with Gasteiger partial charge in [-0.25, -0.2) is 4.39 Å². The van der Waals surface area contributed by atoms with Gasteiger partial charge >= 0.3 is 0 Å². The lowest BCUT2D eigenvalue weighted by Gasteiger charge is -2.23. The van der Waals surface area contributed by atoms with Crippen molar-refractivity contribution in [3.63, 3.8) is 0 Å². The Morgan fingerprint density at radius 3 is 2.57 bits per heavy atom. The minimum absolute atomic E-state index is 0.0638. The molecule has 0 bridgehead atoms. The van der Waals surface area contributed by atoms with Gasteiger partial charge < -0.3 is 11.1 Å². The molecule has 1 rings (SSSR count). The van der Waals surface area contributed by atoms with Gasteiger partial charge in [-0.2, -0.15) is 0 Å². The fourth-order valence-electron chi connectivity index (χ4n) is 2.51. The van der Waals surface area contributed by atoms with E-state index in [2.05, 4.69) is 26.1 Å². The van der Waals surface area contributed by atoms with Gasteiger partial charge in [-0.15, -0.1) is 0 Å². The van der Waals surface area contributed by atoms with Crippen LogP contribution in [0.2, 0.25) is 0 Å². The molecule has 1 amide bonds.